The van der Waals surface area contributed by atoms with Gasteiger partial charge in [0.2, 0.25) is 0 Å². The summed E-state index contributed by atoms with van der Waals surface area (Å²) in [7, 11) is 0. The van der Waals surface area contributed by atoms with Crippen LogP contribution in [-0.4, -0.2) is 24.4 Å². The molecular formula is C18H19Cl2NO3. The molecule has 1 aromatic rings. The van der Waals surface area contributed by atoms with Crippen molar-refractivity contribution in [3.63, 3.8) is 0 Å². The standard InChI is InChI=1S/C18H19Cl2NO3/c19-9-4-10(20)6-11(5-9)21-18(22)24-14-3-8-1-2-12(14)13-7-15-17(23-15)16(8)13/h4-6,8,12-17H,1-3,7H2,(H,21,22)/t8-,12+,13+,14-,15+,16+,17-/m1/s1. The molecule has 128 valence electrons. The van der Waals surface area contributed by atoms with E-state index < -0.39 is 6.09 Å². The van der Waals surface area contributed by atoms with Gasteiger partial charge in [-0.05, 0) is 67.6 Å². The normalized spacial score (nSPS) is 41.5. The van der Waals surface area contributed by atoms with Gasteiger partial charge in [0, 0.05) is 15.7 Å². The summed E-state index contributed by atoms with van der Waals surface area (Å²) in [6, 6.07) is 4.96. The fourth-order valence-corrected chi connectivity index (χ4v) is 6.03. The van der Waals surface area contributed by atoms with E-state index in [1.165, 1.54) is 12.8 Å². The second-order valence-corrected chi connectivity index (χ2v) is 8.45. The number of carbonyl (C=O) groups excluding carboxylic acids is 1. The number of fused-ring (bicyclic) bond motifs is 3. The fourth-order valence-electron chi connectivity index (χ4n) is 5.50. The Labute approximate surface area is 150 Å². The van der Waals surface area contributed by atoms with Crippen LogP contribution in [0.5, 0.6) is 0 Å². The Kier molecular flexibility index (Phi) is 3.52. The number of hydrogen-bond donors (Lipinski definition) is 1. The minimum atomic E-state index is -0.415. The topological polar surface area (TPSA) is 50.9 Å². The number of amides is 1. The van der Waals surface area contributed by atoms with Gasteiger partial charge in [-0.25, -0.2) is 4.79 Å². The summed E-state index contributed by atoms with van der Waals surface area (Å²) in [5, 5.41) is 3.73. The van der Waals surface area contributed by atoms with Crippen LogP contribution in [0.1, 0.15) is 25.7 Å². The quantitative estimate of drug-likeness (QED) is 0.767. The molecule has 1 aromatic carbocycles. The van der Waals surface area contributed by atoms with Crippen molar-refractivity contribution in [3.05, 3.63) is 28.2 Å². The Balaban J connectivity index is 1.26. The molecule has 0 aromatic heterocycles. The maximum atomic E-state index is 12.3. The van der Waals surface area contributed by atoms with Crippen molar-refractivity contribution in [2.45, 2.75) is 44.0 Å². The van der Waals surface area contributed by atoms with Gasteiger partial charge >= 0.3 is 6.09 Å². The van der Waals surface area contributed by atoms with E-state index in [-0.39, 0.29) is 6.10 Å². The highest BCUT2D eigenvalue weighted by molar-refractivity contribution is 6.35. The first-order chi connectivity index (χ1) is 11.6. The Bertz CT molecular complexity index is 677. The second-order valence-electron chi connectivity index (χ2n) is 7.58. The van der Waals surface area contributed by atoms with Crippen molar-refractivity contribution < 1.29 is 14.3 Å². The third-order valence-electron chi connectivity index (χ3n) is 6.35. The lowest BCUT2D eigenvalue weighted by Crippen LogP contribution is -2.49. The van der Waals surface area contributed by atoms with E-state index in [0.717, 1.165) is 12.8 Å². The van der Waals surface area contributed by atoms with Crippen molar-refractivity contribution in [2.75, 3.05) is 5.32 Å². The van der Waals surface area contributed by atoms with Crippen molar-refractivity contribution in [2.24, 2.45) is 23.7 Å². The number of epoxide rings is 1. The Morgan fingerprint density at radius 1 is 1.12 bits per heavy atom. The zero-order chi connectivity index (χ0) is 16.4. The lowest BCUT2D eigenvalue weighted by molar-refractivity contribution is -0.0851. The number of halogens is 2. The van der Waals surface area contributed by atoms with Crippen LogP contribution in [0.15, 0.2) is 18.2 Å². The van der Waals surface area contributed by atoms with E-state index in [4.69, 9.17) is 32.7 Å². The molecule has 6 heteroatoms. The maximum Gasteiger partial charge on any atom is 0.411 e. The van der Waals surface area contributed by atoms with E-state index in [0.29, 0.717) is 51.6 Å². The predicted octanol–water partition coefficient (Wildman–Crippen LogP) is 4.74. The van der Waals surface area contributed by atoms with Crippen LogP contribution in [-0.2, 0) is 9.47 Å². The third-order valence-corrected chi connectivity index (χ3v) is 6.78. The molecule has 1 N–H and O–H groups in total. The molecule has 2 bridgehead atoms. The average molecular weight is 368 g/mol. The monoisotopic (exact) mass is 367 g/mol. The molecule has 1 heterocycles. The fraction of sp³-hybridized carbons (Fsp3) is 0.611. The van der Waals surface area contributed by atoms with Crippen LogP contribution < -0.4 is 5.32 Å². The number of hydrogen-bond acceptors (Lipinski definition) is 3. The van der Waals surface area contributed by atoms with Gasteiger partial charge in [0.05, 0.1) is 12.2 Å². The molecule has 7 atom stereocenters. The molecule has 4 nitrogen and oxygen atoms in total. The van der Waals surface area contributed by atoms with Gasteiger partial charge < -0.3 is 9.47 Å². The van der Waals surface area contributed by atoms with Crippen molar-refractivity contribution in [1.82, 2.24) is 0 Å². The molecule has 0 spiro atoms. The number of benzene rings is 1. The van der Waals surface area contributed by atoms with Crippen LogP contribution in [0.25, 0.3) is 0 Å². The molecular weight excluding hydrogens is 349 g/mol. The Morgan fingerprint density at radius 3 is 2.71 bits per heavy atom. The largest absolute Gasteiger partial charge is 0.446 e. The highest BCUT2D eigenvalue weighted by Crippen LogP contribution is 2.62. The van der Waals surface area contributed by atoms with E-state index in [2.05, 4.69) is 5.32 Å². The first-order valence-corrected chi connectivity index (χ1v) is 9.43. The summed E-state index contributed by atoms with van der Waals surface area (Å²) in [5.41, 5.74) is 0.562. The molecule has 4 aliphatic carbocycles. The van der Waals surface area contributed by atoms with Crippen molar-refractivity contribution in [1.29, 1.82) is 0 Å². The third kappa shape index (κ3) is 2.51. The molecule has 24 heavy (non-hydrogen) atoms. The van der Waals surface area contributed by atoms with E-state index >= 15 is 0 Å². The maximum absolute atomic E-state index is 12.3. The minimum absolute atomic E-state index is 0.0251. The summed E-state index contributed by atoms with van der Waals surface area (Å²) in [5.74, 6) is 2.53. The molecule has 6 rings (SSSR count). The predicted molar refractivity (Wildman–Crippen MR) is 91.4 cm³/mol. The first-order valence-electron chi connectivity index (χ1n) is 8.67. The number of anilines is 1. The van der Waals surface area contributed by atoms with Gasteiger partial charge in [-0.2, -0.15) is 0 Å². The summed E-state index contributed by atoms with van der Waals surface area (Å²) in [6.45, 7) is 0. The molecule has 0 unspecified atom stereocenters. The number of nitrogens with one attached hydrogen (secondary N) is 1. The van der Waals surface area contributed by atoms with Crippen LogP contribution in [0.2, 0.25) is 10.0 Å². The molecule has 1 saturated heterocycles. The van der Waals surface area contributed by atoms with E-state index in [1.54, 1.807) is 18.2 Å². The molecule has 5 aliphatic rings. The summed E-state index contributed by atoms with van der Waals surface area (Å²) >= 11 is 11.9. The lowest BCUT2D eigenvalue weighted by Gasteiger charge is -2.50. The second kappa shape index (κ2) is 5.52. The summed E-state index contributed by atoms with van der Waals surface area (Å²) in [6.07, 6.45) is 5.16. The summed E-state index contributed by atoms with van der Waals surface area (Å²) < 4.78 is 11.5. The van der Waals surface area contributed by atoms with Gasteiger partial charge in [0.15, 0.2) is 0 Å². The zero-order valence-corrected chi connectivity index (χ0v) is 14.6. The smallest absolute Gasteiger partial charge is 0.411 e. The Hall–Kier alpha value is -0.970. The van der Waals surface area contributed by atoms with Gasteiger partial charge in [-0.1, -0.05) is 23.2 Å². The van der Waals surface area contributed by atoms with Gasteiger partial charge in [-0.15, -0.1) is 0 Å². The van der Waals surface area contributed by atoms with Crippen LogP contribution in [0, 0.1) is 23.7 Å². The highest BCUT2D eigenvalue weighted by atomic mass is 35.5. The van der Waals surface area contributed by atoms with Gasteiger partial charge in [0.1, 0.15) is 6.10 Å². The molecule has 5 fully saturated rings. The average Bonchev–Trinajstić information content (AvgIpc) is 3.16. The lowest BCUT2D eigenvalue weighted by atomic mass is 9.58. The number of carbonyl (C=O) groups is 1. The van der Waals surface area contributed by atoms with Gasteiger partial charge in [-0.3, -0.25) is 5.32 Å². The number of rotatable bonds is 2. The van der Waals surface area contributed by atoms with Crippen LogP contribution >= 0.6 is 23.2 Å². The van der Waals surface area contributed by atoms with E-state index in [9.17, 15) is 4.79 Å². The summed E-state index contributed by atoms with van der Waals surface area (Å²) in [4.78, 5) is 12.3. The van der Waals surface area contributed by atoms with Crippen LogP contribution in [0.4, 0.5) is 10.5 Å². The SMILES string of the molecule is O=C(Nc1cc(Cl)cc(Cl)c1)O[C@@H]1C[C@H]2CC[C@H]1[C@@H]1C[C@@H]3O[C@H]3[C@@H]21. The zero-order valence-electron chi connectivity index (χ0n) is 13.1. The highest BCUT2D eigenvalue weighted by Gasteiger charge is 2.64. The van der Waals surface area contributed by atoms with Gasteiger partial charge in [0.25, 0.3) is 0 Å². The van der Waals surface area contributed by atoms with Crippen molar-refractivity contribution in [3.8, 4) is 0 Å². The van der Waals surface area contributed by atoms with E-state index in [1.807, 2.05) is 0 Å². The van der Waals surface area contributed by atoms with Crippen molar-refractivity contribution >= 4 is 35.0 Å². The molecule has 4 saturated carbocycles. The molecule has 1 aliphatic heterocycles. The molecule has 0 radical (unpaired) electrons. The van der Waals surface area contributed by atoms with Crippen LogP contribution in [0.3, 0.4) is 0 Å². The minimum Gasteiger partial charge on any atom is -0.446 e. The molecule has 1 amide bonds. The Morgan fingerprint density at radius 2 is 1.92 bits per heavy atom. The number of ether oxygens (including phenoxy) is 2. The first kappa shape index (κ1) is 15.3.